The highest BCUT2D eigenvalue weighted by Gasteiger charge is 2.07. The summed E-state index contributed by atoms with van der Waals surface area (Å²) in [5, 5.41) is 1.19. The molecule has 2 N–H and O–H groups in total. The zero-order valence-electron chi connectivity index (χ0n) is 10.4. The van der Waals surface area contributed by atoms with Crippen molar-refractivity contribution in [1.82, 2.24) is 9.55 Å². The molecule has 0 spiro atoms. The fourth-order valence-corrected chi connectivity index (χ4v) is 2.45. The molecule has 0 bridgehead atoms. The van der Waals surface area contributed by atoms with Crippen molar-refractivity contribution in [3.05, 3.63) is 65.0 Å². The Bertz CT molecular complexity index is 748. The van der Waals surface area contributed by atoms with Crippen molar-refractivity contribution in [1.29, 1.82) is 0 Å². The van der Waals surface area contributed by atoms with E-state index in [1.165, 1.54) is 0 Å². The monoisotopic (exact) mass is 303 g/mol. The van der Waals surface area contributed by atoms with Gasteiger partial charge in [0.05, 0.1) is 22.7 Å². The Kier molecular flexibility index (Phi) is 3.38. The summed E-state index contributed by atoms with van der Waals surface area (Å²) < 4.78 is 1.87. The van der Waals surface area contributed by atoms with Gasteiger partial charge in [0.15, 0.2) is 0 Å². The van der Waals surface area contributed by atoms with Gasteiger partial charge in [-0.05, 0) is 30.3 Å². The molecule has 0 aliphatic carbocycles. The Hall–Kier alpha value is -1.97. The van der Waals surface area contributed by atoms with E-state index in [2.05, 4.69) is 4.98 Å². The summed E-state index contributed by atoms with van der Waals surface area (Å²) in [5.74, 6) is 0. The van der Waals surface area contributed by atoms with E-state index < -0.39 is 0 Å². The molecule has 0 atom stereocenters. The topological polar surface area (TPSA) is 43.8 Å². The number of anilines is 1. The smallest absolute Gasteiger partial charge is 0.1000 e. The minimum Gasteiger partial charge on any atom is -0.399 e. The summed E-state index contributed by atoms with van der Waals surface area (Å²) in [6, 6.07) is 12.9. The molecule has 3 aromatic rings. The van der Waals surface area contributed by atoms with Crippen LogP contribution < -0.4 is 5.73 Å². The number of nitrogens with zero attached hydrogens (tertiary/aromatic N) is 2. The molecule has 0 radical (unpaired) electrons. The molecule has 1 aromatic heterocycles. The molecule has 3 nitrogen and oxygen atoms in total. The first-order valence-corrected chi connectivity index (χ1v) is 6.74. The van der Waals surface area contributed by atoms with Crippen LogP contribution in [0, 0.1) is 0 Å². The number of benzene rings is 2. The van der Waals surface area contributed by atoms with Gasteiger partial charge in [-0.1, -0.05) is 35.3 Å². The third-order valence-electron chi connectivity index (χ3n) is 2.98. The highest BCUT2D eigenvalue weighted by atomic mass is 35.5. The SMILES string of the molecule is Nc1ccc(-c2cn(-c3ccc(Cl)cc3Cl)cn2)cc1. The lowest BCUT2D eigenvalue weighted by molar-refractivity contribution is 1.06. The van der Waals surface area contributed by atoms with Gasteiger partial charge < -0.3 is 10.3 Å². The van der Waals surface area contributed by atoms with Crippen LogP contribution in [0.2, 0.25) is 10.0 Å². The van der Waals surface area contributed by atoms with Gasteiger partial charge in [-0.25, -0.2) is 4.98 Å². The lowest BCUT2D eigenvalue weighted by Gasteiger charge is -2.04. The first-order valence-electron chi connectivity index (χ1n) is 5.99. The molecule has 0 aliphatic rings. The van der Waals surface area contributed by atoms with Crippen LogP contribution in [0.3, 0.4) is 0 Å². The van der Waals surface area contributed by atoms with E-state index in [1.807, 2.05) is 41.1 Å². The molecule has 0 saturated carbocycles. The molecular formula is C15H11Cl2N3. The fourth-order valence-electron chi connectivity index (χ4n) is 1.95. The second-order valence-corrected chi connectivity index (χ2v) is 5.23. The molecule has 1 heterocycles. The van der Waals surface area contributed by atoms with Gasteiger partial charge in [-0.2, -0.15) is 0 Å². The molecule has 0 unspecified atom stereocenters. The largest absolute Gasteiger partial charge is 0.399 e. The zero-order valence-corrected chi connectivity index (χ0v) is 11.9. The van der Waals surface area contributed by atoms with Crippen LogP contribution in [-0.4, -0.2) is 9.55 Å². The van der Waals surface area contributed by atoms with Crippen molar-refractivity contribution in [2.45, 2.75) is 0 Å². The van der Waals surface area contributed by atoms with Crippen LogP contribution in [0.1, 0.15) is 0 Å². The van der Waals surface area contributed by atoms with E-state index in [0.29, 0.717) is 10.0 Å². The van der Waals surface area contributed by atoms with Gasteiger partial charge in [0, 0.05) is 22.5 Å². The minimum absolute atomic E-state index is 0.582. The molecule has 100 valence electrons. The lowest BCUT2D eigenvalue weighted by atomic mass is 10.1. The van der Waals surface area contributed by atoms with Crippen molar-refractivity contribution in [2.24, 2.45) is 0 Å². The lowest BCUT2D eigenvalue weighted by Crippen LogP contribution is -1.90. The number of hydrogen-bond acceptors (Lipinski definition) is 2. The second kappa shape index (κ2) is 5.19. The van der Waals surface area contributed by atoms with Crippen LogP contribution in [0.5, 0.6) is 0 Å². The molecule has 2 aromatic carbocycles. The van der Waals surface area contributed by atoms with E-state index in [0.717, 1.165) is 22.6 Å². The van der Waals surface area contributed by atoms with Crippen LogP contribution in [0.4, 0.5) is 5.69 Å². The number of imidazole rings is 1. The number of nitrogens with two attached hydrogens (primary N) is 1. The molecule has 0 saturated heterocycles. The third-order valence-corrected chi connectivity index (χ3v) is 3.51. The molecular weight excluding hydrogens is 293 g/mol. The van der Waals surface area contributed by atoms with Crippen LogP contribution in [0.25, 0.3) is 16.9 Å². The zero-order chi connectivity index (χ0) is 14.1. The molecule has 3 rings (SSSR count). The van der Waals surface area contributed by atoms with E-state index >= 15 is 0 Å². The Morgan fingerprint density at radius 2 is 1.75 bits per heavy atom. The summed E-state index contributed by atoms with van der Waals surface area (Å²) in [6.07, 6.45) is 3.64. The predicted molar refractivity (Wildman–Crippen MR) is 83.4 cm³/mol. The number of aromatic nitrogens is 2. The van der Waals surface area contributed by atoms with Crippen molar-refractivity contribution in [3.8, 4) is 16.9 Å². The standard InChI is InChI=1S/C15H11Cl2N3/c16-11-3-6-15(13(17)7-11)20-8-14(19-9-20)10-1-4-12(18)5-2-10/h1-9H,18H2. The molecule has 5 heteroatoms. The van der Waals surface area contributed by atoms with Gasteiger partial charge in [-0.15, -0.1) is 0 Å². The average molecular weight is 304 g/mol. The van der Waals surface area contributed by atoms with E-state index in [9.17, 15) is 0 Å². The first-order chi connectivity index (χ1) is 9.63. The average Bonchev–Trinajstić information content (AvgIpc) is 2.89. The Labute approximate surface area is 126 Å². The summed E-state index contributed by atoms with van der Waals surface area (Å²) >= 11 is 12.1. The molecule has 0 aliphatic heterocycles. The van der Waals surface area contributed by atoms with Crippen molar-refractivity contribution in [2.75, 3.05) is 5.73 Å². The normalized spacial score (nSPS) is 10.7. The predicted octanol–water partition coefficient (Wildman–Crippen LogP) is 4.43. The van der Waals surface area contributed by atoms with Crippen molar-refractivity contribution < 1.29 is 0 Å². The summed E-state index contributed by atoms with van der Waals surface area (Å²) in [7, 11) is 0. The Morgan fingerprint density at radius 3 is 2.45 bits per heavy atom. The van der Waals surface area contributed by atoms with Crippen LogP contribution >= 0.6 is 23.2 Å². The van der Waals surface area contributed by atoms with Crippen LogP contribution in [0.15, 0.2) is 55.0 Å². The van der Waals surface area contributed by atoms with Crippen LogP contribution in [-0.2, 0) is 0 Å². The van der Waals surface area contributed by atoms with Gasteiger partial charge in [0.2, 0.25) is 0 Å². The third kappa shape index (κ3) is 2.50. The number of rotatable bonds is 2. The van der Waals surface area contributed by atoms with Gasteiger partial charge >= 0.3 is 0 Å². The van der Waals surface area contributed by atoms with E-state index in [-0.39, 0.29) is 0 Å². The number of halogens is 2. The molecule has 20 heavy (non-hydrogen) atoms. The maximum absolute atomic E-state index is 6.19. The van der Waals surface area contributed by atoms with Gasteiger partial charge in [-0.3, -0.25) is 0 Å². The Balaban J connectivity index is 1.99. The van der Waals surface area contributed by atoms with Gasteiger partial charge in [0.25, 0.3) is 0 Å². The van der Waals surface area contributed by atoms with E-state index in [1.54, 1.807) is 18.5 Å². The van der Waals surface area contributed by atoms with Crippen molar-refractivity contribution >= 4 is 28.9 Å². The molecule has 0 amide bonds. The second-order valence-electron chi connectivity index (χ2n) is 4.38. The van der Waals surface area contributed by atoms with E-state index in [4.69, 9.17) is 28.9 Å². The summed E-state index contributed by atoms with van der Waals surface area (Å²) in [6.45, 7) is 0. The quantitative estimate of drug-likeness (QED) is 0.712. The highest BCUT2D eigenvalue weighted by Crippen LogP contribution is 2.26. The number of nitrogen functional groups attached to an aromatic ring is 1. The Morgan fingerprint density at radius 1 is 1.00 bits per heavy atom. The highest BCUT2D eigenvalue weighted by molar-refractivity contribution is 6.35. The maximum Gasteiger partial charge on any atom is 0.1000 e. The fraction of sp³-hybridized carbons (Fsp3) is 0. The summed E-state index contributed by atoms with van der Waals surface area (Å²) in [4.78, 5) is 4.39. The summed E-state index contributed by atoms with van der Waals surface area (Å²) in [5.41, 5.74) is 9.11. The maximum atomic E-state index is 6.19. The van der Waals surface area contributed by atoms with Crippen molar-refractivity contribution in [3.63, 3.8) is 0 Å². The number of hydrogen-bond donors (Lipinski definition) is 1. The molecule has 0 fully saturated rings. The minimum atomic E-state index is 0.582. The first kappa shape index (κ1) is 13.0. The van der Waals surface area contributed by atoms with Gasteiger partial charge in [0.1, 0.15) is 0 Å².